The van der Waals surface area contributed by atoms with Gasteiger partial charge in [-0.2, -0.15) is 0 Å². The van der Waals surface area contributed by atoms with Crippen LogP contribution < -0.4 is 10.2 Å². The average Bonchev–Trinajstić information content (AvgIpc) is 3.11. The van der Waals surface area contributed by atoms with Crippen molar-refractivity contribution in [1.29, 1.82) is 0 Å². The summed E-state index contributed by atoms with van der Waals surface area (Å²) in [7, 11) is 0. The molecule has 0 spiro atoms. The smallest absolute Gasteiger partial charge is 0.239 e. The van der Waals surface area contributed by atoms with E-state index >= 15 is 0 Å². The van der Waals surface area contributed by atoms with E-state index in [4.69, 9.17) is 0 Å². The summed E-state index contributed by atoms with van der Waals surface area (Å²) in [6.07, 6.45) is 5.95. The number of piperazine rings is 1. The van der Waals surface area contributed by atoms with Crippen LogP contribution in [-0.4, -0.2) is 54.9 Å². The van der Waals surface area contributed by atoms with Gasteiger partial charge in [0.25, 0.3) is 0 Å². The molecule has 0 radical (unpaired) electrons. The molecule has 2 heterocycles. The summed E-state index contributed by atoms with van der Waals surface area (Å²) in [4.78, 5) is 28.2. The van der Waals surface area contributed by atoms with Crippen LogP contribution in [0.4, 0.5) is 10.1 Å². The van der Waals surface area contributed by atoms with Crippen molar-refractivity contribution in [3.8, 4) is 0 Å². The molecule has 1 aliphatic carbocycles. The Hall–Kier alpha value is -1.37. The number of hydrogen-bond donors (Lipinski definition) is 1. The summed E-state index contributed by atoms with van der Waals surface area (Å²) in [5.74, 6) is 0.351. The number of amides is 1. The van der Waals surface area contributed by atoms with Crippen molar-refractivity contribution in [2.75, 3.05) is 31.1 Å². The monoisotopic (exact) mass is 445 g/mol. The molecule has 1 N–H and O–H groups in total. The molecule has 8 heteroatoms. The van der Waals surface area contributed by atoms with Crippen molar-refractivity contribution in [1.82, 2.24) is 10.2 Å². The molecule has 5 nitrogen and oxygen atoms in total. The molecule has 162 valence electrons. The van der Waals surface area contributed by atoms with Crippen molar-refractivity contribution >= 4 is 42.2 Å². The van der Waals surface area contributed by atoms with Crippen LogP contribution in [-0.2, 0) is 4.79 Å². The van der Waals surface area contributed by atoms with Crippen LogP contribution in [0.3, 0.4) is 0 Å². The maximum atomic E-state index is 14.4. The Morgan fingerprint density at radius 2 is 1.76 bits per heavy atom. The zero-order valence-corrected chi connectivity index (χ0v) is 18.4. The number of fused-ring (bicyclic) bond motifs is 1. The maximum Gasteiger partial charge on any atom is 0.239 e. The van der Waals surface area contributed by atoms with E-state index in [1.165, 1.54) is 38.7 Å². The molecule has 3 atom stereocenters. The van der Waals surface area contributed by atoms with Crippen LogP contribution in [0.25, 0.3) is 0 Å². The summed E-state index contributed by atoms with van der Waals surface area (Å²) >= 11 is 0. The minimum absolute atomic E-state index is 0. The van der Waals surface area contributed by atoms with E-state index in [1.54, 1.807) is 12.1 Å². The molecular weight excluding hydrogens is 416 g/mol. The van der Waals surface area contributed by atoms with Gasteiger partial charge in [-0.3, -0.25) is 9.59 Å². The first-order chi connectivity index (χ1) is 13.0. The van der Waals surface area contributed by atoms with E-state index in [-0.39, 0.29) is 48.4 Å². The number of halogens is 3. The molecule has 3 fully saturated rings. The van der Waals surface area contributed by atoms with Gasteiger partial charge in [-0.25, -0.2) is 4.39 Å². The van der Waals surface area contributed by atoms with E-state index in [1.807, 2.05) is 9.80 Å². The van der Waals surface area contributed by atoms with E-state index < -0.39 is 0 Å². The molecule has 3 aliphatic rings. The number of nitrogens with one attached hydrogen (secondary N) is 1. The van der Waals surface area contributed by atoms with Crippen molar-refractivity contribution in [2.45, 2.75) is 51.1 Å². The lowest BCUT2D eigenvalue weighted by Crippen LogP contribution is -2.53. The molecule has 3 unspecified atom stereocenters. The molecule has 2 saturated heterocycles. The first kappa shape index (κ1) is 23.9. The zero-order valence-electron chi connectivity index (χ0n) is 16.7. The Kier molecular flexibility index (Phi) is 8.32. The average molecular weight is 446 g/mol. The molecule has 0 bridgehead atoms. The van der Waals surface area contributed by atoms with Gasteiger partial charge < -0.3 is 15.1 Å². The number of Topliss-reactive ketones (excluding diaryl/α,β-unsaturated/α-hetero) is 1. The standard InChI is InChI=1S/C21H28FN3O2.2ClH/c1-14(26)15-6-7-20(17(22)12-15)24-8-10-25(11-9-24)21(27)19-13-16-4-2-3-5-18(16)23-19;;/h6-7,12,16,18-19,23H,2-5,8-11,13H2,1H3;2*1H. The highest BCUT2D eigenvalue weighted by Crippen LogP contribution is 2.34. The van der Waals surface area contributed by atoms with Crippen molar-refractivity contribution in [3.05, 3.63) is 29.6 Å². The Morgan fingerprint density at radius 3 is 2.38 bits per heavy atom. The van der Waals surface area contributed by atoms with Crippen LogP contribution in [0.5, 0.6) is 0 Å². The fraction of sp³-hybridized carbons (Fsp3) is 0.619. The second-order valence-corrected chi connectivity index (χ2v) is 8.14. The Bertz CT molecular complexity index is 727. The summed E-state index contributed by atoms with van der Waals surface area (Å²) in [6, 6.07) is 5.12. The number of ketones is 1. The highest BCUT2D eigenvalue weighted by atomic mass is 35.5. The van der Waals surface area contributed by atoms with E-state index in [9.17, 15) is 14.0 Å². The van der Waals surface area contributed by atoms with Crippen LogP contribution in [0.2, 0.25) is 0 Å². The van der Waals surface area contributed by atoms with Crippen LogP contribution in [0.15, 0.2) is 18.2 Å². The van der Waals surface area contributed by atoms with Crippen molar-refractivity contribution < 1.29 is 14.0 Å². The van der Waals surface area contributed by atoms with Gasteiger partial charge in [0.05, 0.1) is 11.7 Å². The molecule has 1 amide bonds. The van der Waals surface area contributed by atoms with E-state index in [0.717, 1.165) is 6.42 Å². The third kappa shape index (κ3) is 5.04. The summed E-state index contributed by atoms with van der Waals surface area (Å²) in [5, 5.41) is 3.56. The minimum Gasteiger partial charge on any atom is -0.366 e. The first-order valence-electron chi connectivity index (χ1n) is 10.1. The Morgan fingerprint density at radius 1 is 1.07 bits per heavy atom. The number of hydrogen-bond acceptors (Lipinski definition) is 4. The normalized spacial score (nSPS) is 26.2. The fourth-order valence-electron chi connectivity index (χ4n) is 4.88. The minimum atomic E-state index is -0.371. The summed E-state index contributed by atoms with van der Waals surface area (Å²) in [5.41, 5.74) is 0.899. The lowest BCUT2D eigenvalue weighted by Gasteiger charge is -2.37. The molecular formula is C21H30Cl2FN3O2. The van der Waals surface area contributed by atoms with E-state index in [2.05, 4.69) is 5.32 Å². The summed E-state index contributed by atoms with van der Waals surface area (Å²) in [6.45, 7) is 3.88. The van der Waals surface area contributed by atoms with Gasteiger partial charge in [-0.1, -0.05) is 12.8 Å². The van der Waals surface area contributed by atoms with Crippen LogP contribution >= 0.6 is 24.8 Å². The molecule has 29 heavy (non-hydrogen) atoms. The van der Waals surface area contributed by atoms with Crippen molar-refractivity contribution in [2.24, 2.45) is 5.92 Å². The first-order valence-corrected chi connectivity index (χ1v) is 10.1. The lowest BCUT2D eigenvalue weighted by molar-refractivity contribution is -0.133. The number of anilines is 1. The SMILES string of the molecule is CC(=O)c1ccc(N2CCN(C(=O)C3CC4CCCCC4N3)CC2)c(F)c1.Cl.Cl. The third-order valence-corrected chi connectivity index (χ3v) is 6.45. The fourth-order valence-corrected chi connectivity index (χ4v) is 4.88. The van der Waals surface area contributed by atoms with E-state index in [0.29, 0.717) is 49.4 Å². The predicted molar refractivity (Wildman–Crippen MR) is 117 cm³/mol. The molecule has 1 aromatic carbocycles. The number of benzene rings is 1. The molecule has 4 rings (SSSR count). The Balaban J connectivity index is 0.00000150. The topological polar surface area (TPSA) is 52.7 Å². The van der Waals surface area contributed by atoms with Gasteiger partial charge in [0.2, 0.25) is 5.91 Å². The van der Waals surface area contributed by atoms with Gasteiger partial charge in [0, 0.05) is 37.8 Å². The van der Waals surface area contributed by atoms with Gasteiger partial charge in [0.1, 0.15) is 5.82 Å². The van der Waals surface area contributed by atoms with Gasteiger partial charge >= 0.3 is 0 Å². The highest BCUT2D eigenvalue weighted by Gasteiger charge is 2.40. The second kappa shape index (κ2) is 10.1. The maximum absolute atomic E-state index is 14.4. The zero-order chi connectivity index (χ0) is 19.0. The van der Waals surface area contributed by atoms with Gasteiger partial charge in [-0.05, 0) is 50.3 Å². The predicted octanol–water partition coefficient (Wildman–Crippen LogP) is 3.44. The quantitative estimate of drug-likeness (QED) is 0.723. The van der Waals surface area contributed by atoms with Gasteiger partial charge in [-0.15, -0.1) is 24.8 Å². The number of rotatable bonds is 3. The van der Waals surface area contributed by atoms with Crippen molar-refractivity contribution in [3.63, 3.8) is 0 Å². The molecule has 2 aliphatic heterocycles. The number of nitrogens with zero attached hydrogens (tertiary/aromatic N) is 2. The highest BCUT2D eigenvalue weighted by molar-refractivity contribution is 5.94. The van der Waals surface area contributed by atoms with Gasteiger partial charge in [0.15, 0.2) is 5.78 Å². The molecule has 1 saturated carbocycles. The van der Waals surface area contributed by atoms with Crippen LogP contribution in [0.1, 0.15) is 49.4 Å². The largest absolute Gasteiger partial charge is 0.366 e. The summed E-state index contributed by atoms with van der Waals surface area (Å²) < 4.78 is 14.4. The van der Waals surface area contributed by atoms with Crippen LogP contribution in [0, 0.1) is 11.7 Å². The number of carbonyl (C=O) groups is 2. The molecule has 1 aromatic rings. The molecule has 0 aromatic heterocycles. The lowest BCUT2D eigenvalue weighted by atomic mass is 9.85. The third-order valence-electron chi connectivity index (χ3n) is 6.45. The second-order valence-electron chi connectivity index (χ2n) is 8.14. The Labute approximate surface area is 184 Å². The number of carbonyl (C=O) groups excluding carboxylic acids is 2.